The summed E-state index contributed by atoms with van der Waals surface area (Å²) in [5, 5.41) is 2.81. The van der Waals surface area contributed by atoms with E-state index in [1.807, 2.05) is 12.1 Å². The molecule has 0 atom stereocenters. The second kappa shape index (κ2) is 6.75. The lowest BCUT2D eigenvalue weighted by Gasteiger charge is -2.20. The van der Waals surface area contributed by atoms with E-state index >= 15 is 0 Å². The highest BCUT2D eigenvalue weighted by Crippen LogP contribution is 2.14. The molecular weight excluding hydrogens is 254 g/mol. The molecule has 106 valence electrons. The van der Waals surface area contributed by atoms with Crippen LogP contribution < -0.4 is 10.2 Å². The van der Waals surface area contributed by atoms with E-state index in [1.165, 1.54) is 0 Å². The maximum atomic E-state index is 12.1. The van der Waals surface area contributed by atoms with Crippen molar-refractivity contribution in [3.05, 3.63) is 48.2 Å². The number of anilines is 1. The molecule has 0 aliphatic rings. The van der Waals surface area contributed by atoms with Gasteiger partial charge >= 0.3 is 0 Å². The first-order valence-corrected chi connectivity index (χ1v) is 6.75. The van der Waals surface area contributed by atoms with E-state index in [9.17, 15) is 4.79 Å². The highest BCUT2D eigenvalue weighted by molar-refractivity contribution is 5.94. The first kappa shape index (κ1) is 14.1. The zero-order valence-electron chi connectivity index (χ0n) is 11.8. The molecule has 0 saturated carbocycles. The molecule has 2 aromatic heterocycles. The third-order valence-electron chi connectivity index (χ3n) is 3.12. The summed E-state index contributed by atoms with van der Waals surface area (Å²) in [4.78, 5) is 18.4. The van der Waals surface area contributed by atoms with Gasteiger partial charge in [-0.1, -0.05) is 0 Å². The van der Waals surface area contributed by atoms with Gasteiger partial charge in [-0.15, -0.1) is 0 Å². The van der Waals surface area contributed by atoms with E-state index in [-0.39, 0.29) is 5.91 Å². The number of pyridine rings is 1. The average molecular weight is 273 g/mol. The van der Waals surface area contributed by atoms with Crippen LogP contribution in [0.4, 0.5) is 5.69 Å². The van der Waals surface area contributed by atoms with Crippen LogP contribution >= 0.6 is 0 Å². The maximum absolute atomic E-state index is 12.1. The smallest absolute Gasteiger partial charge is 0.253 e. The standard InChI is InChI=1S/C15H19N3O2/c1-3-18(4-2)13-8-12(9-16-10-13)15(19)17-11-14-6-5-7-20-14/h5-10H,3-4,11H2,1-2H3,(H,17,19). The van der Waals surface area contributed by atoms with E-state index in [4.69, 9.17) is 4.42 Å². The lowest BCUT2D eigenvalue weighted by atomic mass is 10.2. The van der Waals surface area contributed by atoms with E-state index in [0.29, 0.717) is 12.1 Å². The van der Waals surface area contributed by atoms with E-state index in [2.05, 4.69) is 29.0 Å². The number of aromatic nitrogens is 1. The van der Waals surface area contributed by atoms with Gasteiger partial charge in [-0.3, -0.25) is 9.78 Å². The minimum Gasteiger partial charge on any atom is -0.467 e. The number of hydrogen-bond donors (Lipinski definition) is 1. The minimum atomic E-state index is -0.150. The summed E-state index contributed by atoms with van der Waals surface area (Å²) in [5.74, 6) is 0.578. The van der Waals surface area contributed by atoms with Crippen LogP contribution in [0.2, 0.25) is 0 Å². The molecule has 2 heterocycles. The van der Waals surface area contributed by atoms with Crippen molar-refractivity contribution in [2.45, 2.75) is 20.4 Å². The summed E-state index contributed by atoms with van der Waals surface area (Å²) in [7, 11) is 0. The van der Waals surface area contributed by atoms with Gasteiger partial charge in [0.25, 0.3) is 5.91 Å². The third kappa shape index (κ3) is 3.38. The molecule has 1 amide bonds. The molecule has 0 radical (unpaired) electrons. The Morgan fingerprint density at radius 2 is 2.15 bits per heavy atom. The lowest BCUT2D eigenvalue weighted by molar-refractivity contribution is 0.0947. The van der Waals surface area contributed by atoms with Crippen LogP contribution in [0.15, 0.2) is 41.3 Å². The Kier molecular flexibility index (Phi) is 4.76. The Morgan fingerprint density at radius 3 is 2.80 bits per heavy atom. The molecule has 2 aromatic rings. The summed E-state index contributed by atoms with van der Waals surface area (Å²) in [6.45, 7) is 6.30. The predicted molar refractivity (Wildman–Crippen MR) is 77.7 cm³/mol. The molecule has 0 fully saturated rings. The Balaban J connectivity index is 2.04. The van der Waals surface area contributed by atoms with E-state index in [1.54, 1.807) is 24.7 Å². The van der Waals surface area contributed by atoms with Crippen molar-refractivity contribution in [2.75, 3.05) is 18.0 Å². The molecule has 5 heteroatoms. The fourth-order valence-corrected chi connectivity index (χ4v) is 2.00. The van der Waals surface area contributed by atoms with Crippen LogP contribution in [0.1, 0.15) is 30.0 Å². The zero-order chi connectivity index (χ0) is 14.4. The fourth-order valence-electron chi connectivity index (χ4n) is 2.00. The normalized spacial score (nSPS) is 10.3. The van der Waals surface area contributed by atoms with Crippen molar-refractivity contribution in [1.82, 2.24) is 10.3 Å². The van der Waals surface area contributed by atoms with Gasteiger partial charge in [0.15, 0.2) is 0 Å². The van der Waals surface area contributed by atoms with Gasteiger partial charge in [0, 0.05) is 19.3 Å². The largest absolute Gasteiger partial charge is 0.467 e. The van der Waals surface area contributed by atoms with Gasteiger partial charge < -0.3 is 14.6 Å². The number of nitrogens with zero attached hydrogens (tertiary/aromatic N) is 2. The van der Waals surface area contributed by atoms with Crippen LogP contribution in [-0.4, -0.2) is 24.0 Å². The second-order valence-electron chi connectivity index (χ2n) is 4.37. The zero-order valence-corrected chi connectivity index (χ0v) is 11.8. The number of hydrogen-bond acceptors (Lipinski definition) is 4. The van der Waals surface area contributed by atoms with Crippen molar-refractivity contribution in [2.24, 2.45) is 0 Å². The van der Waals surface area contributed by atoms with Gasteiger partial charge in [0.1, 0.15) is 5.76 Å². The van der Waals surface area contributed by atoms with Crippen molar-refractivity contribution in [3.8, 4) is 0 Å². The SMILES string of the molecule is CCN(CC)c1cncc(C(=O)NCc2ccco2)c1. The Hall–Kier alpha value is -2.30. The molecule has 0 unspecified atom stereocenters. The molecule has 20 heavy (non-hydrogen) atoms. The van der Waals surface area contributed by atoms with Crippen LogP contribution in [0.3, 0.4) is 0 Å². The fraction of sp³-hybridized carbons (Fsp3) is 0.333. The molecule has 0 saturated heterocycles. The predicted octanol–water partition coefficient (Wildman–Crippen LogP) is 2.45. The highest BCUT2D eigenvalue weighted by Gasteiger charge is 2.09. The summed E-state index contributed by atoms with van der Waals surface area (Å²) < 4.78 is 5.18. The molecule has 0 aliphatic carbocycles. The summed E-state index contributed by atoms with van der Waals surface area (Å²) in [6.07, 6.45) is 4.94. The molecule has 5 nitrogen and oxygen atoms in total. The van der Waals surface area contributed by atoms with Crippen molar-refractivity contribution in [3.63, 3.8) is 0 Å². The third-order valence-corrected chi connectivity index (χ3v) is 3.12. The molecule has 0 bridgehead atoms. The van der Waals surface area contributed by atoms with Crippen LogP contribution in [0, 0.1) is 0 Å². The second-order valence-corrected chi connectivity index (χ2v) is 4.37. The number of rotatable bonds is 6. The highest BCUT2D eigenvalue weighted by atomic mass is 16.3. The van der Waals surface area contributed by atoms with Crippen molar-refractivity contribution in [1.29, 1.82) is 0 Å². The van der Waals surface area contributed by atoms with Crippen molar-refractivity contribution >= 4 is 11.6 Å². The molecule has 0 aliphatic heterocycles. The summed E-state index contributed by atoms with van der Waals surface area (Å²) in [6, 6.07) is 5.48. The van der Waals surface area contributed by atoms with Crippen LogP contribution in [0.5, 0.6) is 0 Å². The minimum absolute atomic E-state index is 0.150. The number of carbonyl (C=O) groups excluding carboxylic acids is 1. The topological polar surface area (TPSA) is 58.4 Å². The maximum Gasteiger partial charge on any atom is 0.253 e. The Morgan fingerprint density at radius 1 is 1.35 bits per heavy atom. The number of carbonyl (C=O) groups is 1. The molecular formula is C15H19N3O2. The molecule has 0 aromatic carbocycles. The van der Waals surface area contributed by atoms with Gasteiger partial charge in [0.05, 0.1) is 30.3 Å². The van der Waals surface area contributed by atoms with Gasteiger partial charge in [-0.2, -0.15) is 0 Å². The first-order valence-electron chi connectivity index (χ1n) is 6.75. The van der Waals surface area contributed by atoms with Crippen LogP contribution in [-0.2, 0) is 6.54 Å². The van der Waals surface area contributed by atoms with E-state index < -0.39 is 0 Å². The first-order chi connectivity index (χ1) is 9.74. The molecule has 0 spiro atoms. The monoisotopic (exact) mass is 273 g/mol. The van der Waals surface area contributed by atoms with Crippen molar-refractivity contribution < 1.29 is 9.21 Å². The number of amides is 1. The van der Waals surface area contributed by atoms with Gasteiger partial charge in [0.2, 0.25) is 0 Å². The Labute approximate surface area is 118 Å². The van der Waals surface area contributed by atoms with E-state index in [0.717, 1.165) is 24.5 Å². The average Bonchev–Trinajstić information content (AvgIpc) is 3.00. The van der Waals surface area contributed by atoms with Gasteiger partial charge in [-0.25, -0.2) is 0 Å². The van der Waals surface area contributed by atoms with Crippen LogP contribution in [0.25, 0.3) is 0 Å². The quantitative estimate of drug-likeness (QED) is 0.878. The number of nitrogens with one attached hydrogen (secondary N) is 1. The number of furan rings is 1. The van der Waals surface area contributed by atoms with Gasteiger partial charge in [-0.05, 0) is 32.0 Å². The molecule has 2 rings (SSSR count). The lowest BCUT2D eigenvalue weighted by Crippen LogP contribution is -2.25. The Bertz CT molecular complexity index is 548. The summed E-state index contributed by atoms with van der Waals surface area (Å²) >= 11 is 0. The molecule has 1 N–H and O–H groups in total. The summed E-state index contributed by atoms with van der Waals surface area (Å²) in [5.41, 5.74) is 1.52.